The molecular formula is C25H28N2O2. The van der Waals surface area contributed by atoms with Gasteiger partial charge in [-0.2, -0.15) is 0 Å². The number of esters is 1. The average Bonchev–Trinajstić information content (AvgIpc) is 3.21. The lowest BCUT2D eigenvalue weighted by atomic mass is 9.63. The van der Waals surface area contributed by atoms with Crippen LogP contribution in [0.4, 0.5) is 0 Å². The van der Waals surface area contributed by atoms with Crippen molar-refractivity contribution in [3.8, 4) is 22.6 Å². The summed E-state index contributed by atoms with van der Waals surface area (Å²) in [7, 11) is 1.39. The van der Waals surface area contributed by atoms with E-state index < -0.39 is 0 Å². The van der Waals surface area contributed by atoms with Gasteiger partial charge in [0.2, 0.25) is 0 Å². The molecule has 0 bridgehead atoms. The maximum Gasteiger partial charge on any atom is 0.337 e. The molecule has 1 aliphatic rings. The summed E-state index contributed by atoms with van der Waals surface area (Å²) in [5.41, 5.74) is 6.79. The molecule has 0 aliphatic heterocycles. The lowest BCUT2D eigenvalue weighted by Gasteiger charge is -2.42. The fraction of sp³-hybridized carbons (Fsp3) is 0.360. The smallest absolute Gasteiger partial charge is 0.337 e. The van der Waals surface area contributed by atoms with Crippen LogP contribution in [0, 0.1) is 0 Å². The molecule has 0 fully saturated rings. The molecule has 1 N–H and O–H groups in total. The number of ether oxygens (including phenoxy) is 1. The number of rotatable bonds is 3. The Morgan fingerprint density at radius 1 is 0.931 bits per heavy atom. The van der Waals surface area contributed by atoms with Crippen LogP contribution >= 0.6 is 0 Å². The lowest BCUT2D eigenvalue weighted by molar-refractivity contribution is 0.0601. The minimum Gasteiger partial charge on any atom is -0.465 e. The third-order valence-electron chi connectivity index (χ3n) is 6.32. The molecule has 4 rings (SSSR count). The molecule has 0 amide bonds. The molecule has 4 heteroatoms. The molecule has 1 aromatic heterocycles. The second-order valence-electron chi connectivity index (χ2n) is 9.24. The van der Waals surface area contributed by atoms with Crippen LogP contribution in [0.3, 0.4) is 0 Å². The van der Waals surface area contributed by atoms with Crippen LogP contribution in [0.5, 0.6) is 0 Å². The van der Waals surface area contributed by atoms with Gasteiger partial charge in [-0.15, -0.1) is 0 Å². The quantitative estimate of drug-likeness (QED) is 0.570. The number of aromatic amines is 1. The van der Waals surface area contributed by atoms with E-state index in [-0.39, 0.29) is 16.8 Å². The Labute approximate surface area is 172 Å². The summed E-state index contributed by atoms with van der Waals surface area (Å²) in [6.07, 6.45) is 4.24. The number of carbonyl (C=O) groups is 1. The van der Waals surface area contributed by atoms with Crippen LogP contribution in [0.2, 0.25) is 0 Å². The number of carbonyl (C=O) groups excluding carboxylic acids is 1. The molecule has 29 heavy (non-hydrogen) atoms. The van der Waals surface area contributed by atoms with E-state index in [1.54, 1.807) is 12.1 Å². The van der Waals surface area contributed by atoms with Gasteiger partial charge in [-0.05, 0) is 58.6 Å². The first kappa shape index (κ1) is 19.4. The van der Waals surface area contributed by atoms with Gasteiger partial charge in [0.05, 0.1) is 24.6 Å². The number of H-pyrrole nitrogens is 1. The fourth-order valence-corrected chi connectivity index (χ4v) is 4.25. The Hall–Kier alpha value is -2.88. The zero-order valence-corrected chi connectivity index (χ0v) is 17.8. The molecule has 0 spiro atoms. The molecule has 1 aliphatic carbocycles. The van der Waals surface area contributed by atoms with E-state index in [0.29, 0.717) is 5.56 Å². The first-order valence-electron chi connectivity index (χ1n) is 10.1. The molecule has 0 radical (unpaired) electrons. The minimum absolute atomic E-state index is 0.167. The van der Waals surface area contributed by atoms with E-state index in [1.165, 1.54) is 31.1 Å². The predicted octanol–water partition coefficient (Wildman–Crippen LogP) is 5.88. The summed E-state index contributed by atoms with van der Waals surface area (Å²) in [5.74, 6) is 0.528. The van der Waals surface area contributed by atoms with E-state index in [9.17, 15) is 4.79 Å². The molecule has 150 valence electrons. The van der Waals surface area contributed by atoms with Crippen molar-refractivity contribution in [1.82, 2.24) is 9.97 Å². The van der Waals surface area contributed by atoms with Crippen LogP contribution in [0.1, 0.15) is 62.0 Å². The Balaban J connectivity index is 1.68. The zero-order chi connectivity index (χ0) is 20.8. The van der Waals surface area contributed by atoms with Crippen molar-refractivity contribution >= 4 is 5.97 Å². The molecule has 1 heterocycles. The highest BCUT2D eigenvalue weighted by Gasteiger charge is 2.37. The Morgan fingerprint density at radius 2 is 1.55 bits per heavy atom. The highest BCUT2D eigenvalue weighted by atomic mass is 16.5. The first-order valence-corrected chi connectivity index (χ1v) is 10.1. The van der Waals surface area contributed by atoms with E-state index in [2.05, 4.69) is 55.9 Å². The molecule has 4 nitrogen and oxygen atoms in total. The maximum atomic E-state index is 11.6. The third kappa shape index (κ3) is 3.48. The number of imidazole rings is 1. The predicted molar refractivity (Wildman–Crippen MR) is 116 cm³/mol. The summed E-state index contributed by atoms with van der Waals surface area (Å²) in [6.45, 7) is 9.34. The van der Waals surface area contributed by atoms with Crippen molar-refractivity contribution in [3.05, 3.63) is 65.4 Å². The molecule has 0 saturated carbocycles. The van der Waals surface area contributed by atoms with Crippen molar-refractivity contribution < 1.29 is 9.53 Å². The number of methoxy groups -OCH3 is 1. The van der Waals surface area contributed by atoms with Crippen LogP contribution in [0.25, 0.3) is 22.6 Å². The monoisotopic (exact) mass is 388 g/mol. The summed E-state index contributed by atoms with van der Waals surface area (Å²) in [5, 5.41) is 0. The second kappa shape index (κ2) is 6.87. The third-order valence-corrected chi connectivity index (χ3v) is 6.32. The lowest BCUT2D eigenvalue weighted by Crippen LogP contribution is -2.33. The Morgan fingerprint density at radius 3 is 2.21 bits per heavy atom. The average molecular weight is 389 g/mol. The minimum atomic E-state index is -0.332. The normalized spacial score (nSPS) is 16.9. The van der Waals surface area contributed by atoms with Gasteiger partial charge in [0.15, 0.2) is 0 Å². The summed E-state index contributed by atoms with van der Waals surface area (Å²) in [4.78, 5) is 19.7. The van der Waals surface area contributed by atoms with Crippen molar-refractivity contribution in [2.75, 3.05) is 7.11 Å². The topological polar surface area (TPSA) is 55.0 Å². The van der Waals surface area contributed by atoms with Gasteiger partial charge in [0.1, 0.15) is 5.82 Å². The SMILES string of the molecule is COC(=O)c1ccc(-c2cnc(-c3ccc4c(c3)C(C)(C)CCC4(C)C)[nH]2)cc1. The van der Waals surface area contributed by atoms with Gasteiger partial charge in [0.25, 0.3) is 0 Å². The number of fused-ring (bicyclic) bond motifs is 1. The first-order chi connectivity index (χ1) is 13.7. The van der Waals surface area contributed by atoms with Crippen LogP contribution in [-0.4, -0.2) is 23.0 Å². The van der Waals surface area contributed by atoms with Gasteiger partial charge in [-0.3, -0.25) is 0 Å². The highest BCUT2D eigenvalue weighted by molar-refractivity contribution is 5.89. The van der Waals surface area contributed by atoms with Crippen molar-refractivity contribution in [1.29, 1.82) is 0 Å². The van der Waals surface area contributed by atoms with Crippen molar-refractivity contribution in [2.24, 2.45) is 0 Å². The molecule has 0 saturated heterocycles. The molecule has 0 unspecified atom stereocenters. The van der Waals surface area contributed by atoms with E-state index in [4.69, 9.17) is 4.74 Å². The highest BCUT2D eigenvalue weighted by Crippen LogP contribution is 2.46. The van der Waals surface area contributed by atoms with Crippen LogP contribution < -0.4 is 0 Å². The van der Waals surface area contributed by atoms with Gasteiger partial charge in [-0.25, -0.2) is 9.78 Å². The fourth-order valence-electron chi connectivity index (χ4n) is 4.25. The van der Waals surface area contributed by atoms with Crippen molar-refractivity contribution in [2.45, 2.75) is 51.4 Å². The van der Waals surface area contributed by atoms with E-state index in [1.807, 2.05) is 18.3 Å². The molecular weight excluding hydrogens is 360 g/mol. The van der Waals surface area contributed by atoms with Gasteiger partial charge >= 0.3 is 5.97 Å². The number of hydrogen-bond acceptors (Lipinski definition) is 3. The number of nitrogens with zero attached hydrogens (tertiary/aromatic N) is 1. The van der Waals surface area contributed by atoms with Crippen molar-refractivity contribution in [3.63, 3.8) is 0 Å². The Bertz CT molecular complexity index is 1060. The van der Waals surface area contributed by atoms with Crippen LogP contribution in [-0.2, 0) is 15.6 Å². The van der Waals surface area contributed by atoms with Gasteiger partial charge in [-0.1, -0.05) is 52.0 Å². The maximum absolute atomic E-state index is 11.6. The van der Waals surface area contributed by atoms with Crippen LogP contribution in [0.15, 0.2) is 48.7 Å². The number of benzene rings is 2. The number of nitrogens with one attached hydrogen (secondary N) is 1. The van der Waals surface area contributed by atoms with Gasteiger partial charge in [0, 0.05) is 5.56 Å². The summed E-state index contributed by atoms with van der Waals surface area (Å²) < 4.78 is 4.76. The second-order valence-corrected chi connectivity index (χ2v) is 9.24. The molecule has 2 aromatic carbocycles. The number of aromatic nitrogens is 2. The molecule has 0 atom stereocenters. The number of hydrogen-bond donors (Lipinski definition) is 1. The largest absolute Gasteiger partial charge is 0.465 e. The zero-order valence-electron chi connectivity index (χ0n) is 17.8. The summed E-state index contributed by atoms with van der Waals surface area (Å²) >= 11 is 0. The summed E-state index contributed by atoms with van der Waals surface area (Å²) in [6, 6.07) is 14.1. The Kier molecular flexibility index (Phi) is 4.60. The van der Waals surface area contributed by atoms with E-state index in [0.717, 1.165) is 22.6 Å². The van der Waals surface area contributed by atoms with Gasteiger partial charge < -0.3 is 9.72 Å². The molecule has 3 aromatic rings. The van der Waals surface area contributed by atoms with E-state index >= 15 is 0 Å². The standard InChI is InChI=1S/C25H28N2O2/c1-24(2)12-13-25(3,4)20-14-18(10-11-19(20)24)22-26-15-21(27-22)16-6-8-17(9-7-16)23(28)29-5/h6-11,14-15H,12-13H2,1-5H3,(H,26,27).